The number of hydrogen-bond donors (Lipinski definition) is 4. The van der Waals surface area contributed by atoms with Crippen LogP contribution < -0.4 is 11.5 Å². The van der Waals surface area contributed by atoms with E-state index in [0.717, 1.165) is 44.1 Å². The second-order valence-electron chi connectivity index (χ2n) is 15.0. The van der Waals surface area contributed by atoms with Crippen molar-refractivity contribution in [1.29, 1.82) is 0 Å². The fourth-order valence-corrected chi connectivity index (χ4v) is 7.42. The van der Waals surface area contributed by atoms with E-state index in [-0.39, 0.29) is 5.76 Å². The maximum atomic E-state index is 11.3. The topological polar surface area (TPSA) is 110 Å². The van der Waals surface area contributed by atoms with Crippen molar-refractivity contribution in [2.24, 2.45) is 11.5 Å². The zero-order chi connectivity index (χ0) is 35.5. The van der Waals surface area contributed by atoms with Crippen LogP contribution in [0, 0.1) is 11.8 Å². The number of carboxylic acids is 1. The second kappa shape index (κ2) is 21.2. The first-order valence-electron chi connectivity index (χ1n) is 19.5. The highest BCUT2D eigenvalue weighted by Crippen LogP contribution is 2.42. The van der Waals surface area contributed by atoms with Gasteiger partial charge in [0.05, 0.1) is 5.54 Å². The van der Waals surface area contributed by atoms with Crippen LogP contribution in [0.4, 0.5) is 0 Å². The average Bonchev–Trinajstić information content (AvgIpc) is 3.71. The SMILES string of the molecule is C=C(O)[C@@]1(N)CC[C@H](c2ccc(C#CCCCCCCC)cc2)C1.CCCCCCCCCCc1ccc([C@H]2CC[C@](N)(C(=O)O)C2)cc1. The van der Waals surface area contributed by atoms with E-state index in [4.69, 9.17) is 11.5 Å². The van der Waals surface area contributed by atoms with Crippen molar-refractivity contribution in [2.45, 2.75) is 172 Å². The first kappa shape index (κ1) is 40.4. The van der Waals surface area contributed by atoms with Gasteiger partial charge in [-0.2, -0.15) is 0 Å². The van der Waals surface area contributed by atoms with Crippen molar-refractivity contribution in [3.63, 3.8) is 0 Å². The summed E-state index contributed by atoms with van der Waals surface area (Å²) in [4.78, 5) is 11.3. The summed E-state index contributed by atoms with van der Waals surface area (Å²) >= 11 is 0. The van der Waals surface area contributed by atoms with Crippen LogP contribution in [0.2, 0.25) is 0 Å². The van der Waals surface area contributed by atoms with Gasteiger partial charge in [-0.3, -0.25) is 4.79 Å². The molecule has 0 aliphatic heterocycles. The first-order chi connectivity index (χ1) is 23.6. The van der Waals surface area contributed by atoms with E-state index in [0.29, 0.717) is 24.7 Å². The minimum Gasteiger partial charge on any atom is -0.511 e. The van der Waals surface area contributed by atoms with Crippen molar-refractivity contribution in [1.82, 2.24) is 0 Å². The number of aryl methyl sites for hydroxylation is 1. The van der Waals surface area contributed by atoms with Crippen LogP contribution in [0.15, 0.2) is 60.9 Å². The van der Waals surface area contributed by atoms with Crippen LogP contribution in [-0.2, 0) is 11.2 Å². The Balaban J connectivity index is 0.000000266. The molecule has 0 spiro atoms. The molecule has 2 aromatic carbocycles. The monoisotopic (exact) mass is 671 g/mol. The van der Waals surface area contributed by atoms with Crippen LogP contribution in [0.25, 0.3) is 0 Å². The molecule has 2 aliphatic rings. The van der Waals surface area contributed by atoms with Crippen LogP contribution in [0.5, 0.6) is 0 Å². The summed E-state index contributed by atoms with van der Waals surface area (Å²) in [6.07, 6.45) is 24.0. The first-order valence-corrected chi connectivity index (χ1v) is 19.5. The molecule has 2 saturated carbocycles. The van der Waals surface area contributed by atoms with E-state index in [9.17, 15) is 15.0 Å². The number of aliphatic hydroxyl groups excluding tert-OH is 1. The Kier molecular flexibility index (Phi) is 17.5. The fraction of sp³-hybridized carbons (Fsp3) is 0.614. The van der Waals surface area contributed by atoms with Crippen LogP contribution >= 0.6 is 0 Å². The van der Waals surface area contributed by atoms with Gasteiger partial charge in [0.2, 0.25) is 0 Å². The largest absolute Gasteiger partial charge is 0.511 e. The number of hydrogen-bond acceptors (Lipinski definition) is 4. The lowest BCUT2D eigenvalue weighted by Crippen LogP contribution is -2.45. The average molecular weight is 671 g/mol. The predicted octanol–water partition coefficient (Wildman–Crippen LogP) is 10.9. The maximum absolute atomic E-state index is 11.3. The lowest BCUT2D eigenvalue weighted by molar-refractivity contribution is -0.143. The highest BCUT2D eigenvalue weighted by Gasteiger charge is 2.42. The highest BCUT2D eigenvalue weighted by molar-refractivity contribution is 5.79. The van der Waals surface area contributed by atoms with Gasteiger partial charge in [0.1, 0.15) is 11.3 Å². The van der Waals surface area contributed by atoms with Gasteiger partial charge in [0.25, 0.3) is 0 Å². The summed E-state index contributed by atoms with van der Waals surface area (Å²) in [5.74, 6) is 6.49. The number of rotatable bonds is 18. The standard InChI is InChI=1S/C22H35NO2.C22H31NO/c1-2-3-4-5-6-7-8-9-10-18-11-13-19(14-12-18)20-15-16-22(23,17-20)21(24)25;1-3-4-5-6-7-8-9-10-19-11-13-20(14-12-19)21-15-16-22(23,17-21)18(2)24/h11-14,20H,2-10,15-17,23H2,1H3,(H,24,25);11-14,21,24H,2-8,15-17,23H2,1H3/t20-,22+;21-,22+/m00/s1. The summed E-state index contributed by atoms with van der Waals surface area (Å²) in [6.45, 7) is 8.13. The molecular weight excluding hydrogens is 604 g/mol. The smallest absolute Gasteiger partial charge is 0.323 e. The minimum atomic E-state index is -1.03. The lowest BCUT2D eigenvalue weighted by atomic mass is 9.92. The van der Waals surface area contributed by atoms with Crippen LogP contribution in [-0.4, -0.2) is 27.3 Å². The Morgan fingerprint density at radius 3 is 1.67 bits per heavy atom. The molecule has 2 aromatic rings. The summed E-state index contributed by atoms with van der Waals surface area (Å²) in [5, 5.41) is 18.9. The van der Waals surface area contributed by atoms with E-state index in [2.05, 4.69) is 80.8 Å². The molecule has 0 unspecified atom stereocenters. The minimum absolute atomic E-state index is 0.117. The number of aliphatic carboxylic acids is 1. The molecule has 0 radical (unpaired) electrons. The normalized spacial score (nSPS) is 22.9. The molecule has 0 saturated heterocycles. The Labute approximate surface area is 298 Å². The highest BCUT2D eigenvalue weighted by atomic mass is 16.4. The Morgan fingerprint density at radius 1 is 0.714 bits per heavy atom. The van der Waals surface area contributed by atoms with Gasteiger partial charge in [0, 0.05) is 12.0 Å². The molecule has 270 valence electrons. The number of aliphatic hydroxyl groups is 1. The molecule has 49 heavy (non-hydrogen) atoms. The third-order valence-electron chi connectivity index (χ3n) is 10.9. The quantitative estimate of drug-likeness (QED) is 0.0717. The van der Waals surface area contributed by atoms with E-state index in [1.54, 1.807) is 0 Å². The van der Waals surface area contributed by atoms with Crippen molar-refractivity contribution in [3.05, 3.63) is 83.1 Å². The number of carboxylic acid groups (broad SMARTS) is 1. The van der Waals surface area contributed by atoms with Gasteiger partial charge in [-0.25, -0.2) is 0 Å². The third-order valence-corrected chi connectivity index (χ3v) is 10.9. The van der Waals surface area contributed by atoms with Crippen LogP contribution in [0.1, 0.15) is 176 Å². The second-order valence-corrected chi connectivity index (χ2v) is 15.0. The van der Waals surface area contributed by atoms with E-state index in [1.807, 2.05) is 0 Å². The van der Waals surface area contributed by atoms with Gasteiger partial charge >= 0.3 is 5.97 Å². The molecular formula is C44H66N2O3. The predicted molar refractivity (Wildman–Crippen MR) is 206 cm³/mol. The molecule has 0 heterocycles. The van der Waals surface area contributed by atoms with Gasteiger partial charge < -0.3 is 21.7 Å². The molecule has 5 heteroatoms. The maximum Gasteiger partial charge on any atom is 0.323 e. The van der Waals surface area contributed by atoms with E-state index < -0.39 is 17.0 Å². The van der Waals surface area contributed by atoms with Crippen LogP contribution in [0.3, 0.4) is 0 Å². The molecule has 0 aromatic heterocycles. The molecule has 6 N–H and O–H groups in total. The van der Waals surface area contributed by atoms with E-state index >= 15 is 0 Å². The van der Waals surface area contributed by atoms with Crippen molar-refractivity contribution in [2.75, 3.05) is 0 Å². The Bertz CT molecular complexity index is 1320. The third kappa shape index (κ3) is 13.6. The molecule has 2 fully saturated rings. The number of nitrogens with two attached hydrogens (primary N) is 2. The molecule has 5 nitrogen and oxygen atoms in total. The Morgan fingerprint density at radius 2 is 1.18 bits per heavy atom. The number of carbonyl (C=O) groups is 1. The zero-order valence-electron chi connectivity index (χ0n) is 30.8. The number of benzene rings is 2. The molecule has 2 aliphatic carbocycles. The van der Waals surface area contributed by atoms with Gasteiger partial charge in [-0.15, -0.1) is 0 Å². The molecule has 4 atom stereocenters. The summed E-state index contributed by atoms with van der Waals surface area (Å²) in [6, 6.07) is 17.3. The molecule has 0 amide bonds. The van der Waals surface area contributed by atoms with Gasteiger partial charge in [-0.05, 0) is 98.4 Å². The van der Waals surface area contributed by atoms with Gasteiger partial charge in [0.15, 0.2) is 0 Å². The number of unbranched alkanes of at least 4 members (excludes halogenated alkanes) is 12. The van der Waals surface area contributed by atoms with Crippen molar-refractivity contribution >= 4 is 5.97 Å². The molecule has 4 rings (SSSR count). The van der Waals surface area contributed by atoms with Crippen molar-refractivity contribution in [3.8, 4) is 11.8 Å². The van der Waals surface area contributed by atoms with Gasteiger partial charge in [-0.1, -0.05) is 139 Å². The Hall–Kier alpha value is -3.07. The summed E-state index contributed by atoms with van der Waals surface area (Å²) in [7, 11) is 0. The zero-order valence-corrected chi connectivity index (χ0v) is 30.8. The van der Waals surface area contributed by atoms with E-state index in [1.165, 1.54) is 100 Å². The summed E-state index contributed by atoms with van der Waals surface area (Å²) < 4.78 is 0. The molecule has 0 bridgehead atoms. The lowest BCUT2D eigenvalue weighted by Gasteiger charge is -2.22. The fourth-order valence-electron chi connectivity index (χ4n) is 7.42. The summed E-state index contributed by atoms with van der Waals surface area (Å²) in [5.41, 5.74) is 15.6. The van der Waals surface area contributed by atoms with Crippen molar-refractivity contribution < 1.29 is 15.0 Å².